The van der Waals surface area contributed by atoms with Crippen LogP contribution >= 0.6 is 15.9 Å². The van der Waals surface area contributed by atoms with Gasteiger partial charge in [-0.25, -0.2) is 0 Å². The SMILES string of the molecule is O=[N+]([O-])c1cc(CCBr)c[n+]([O-])c1. The molecule has 0 amide bonds. The molecule has 0 atom stereocenters. The van der Waals surface area contributed by atoms with Crippen molar-refractivity contribution in [1.29, 1.82) is 0 Å². The van der Waals surface area contributed by atoms with Gasteiger partial charge < -0.3 is 5.21 Å². The van der Waals surface area contributed by atoms with Gasteiger partial charge in [-0.05, 0) is 6.42 Å². The first-order valence-electron chi connectivity index (χ1n) is 3.56. The molecular formula is C7H7BrN2O3. The lowest BCUT2D eigenvalue weighted by Crippen LogP contribution is -2.26. The van der Waals surface area contributed by atoms with Crippen LogP contribution in [0.5, 0.6) is 0 Å². The minimum Gasteiger partial charge on any atom is -0.619 e. The molecule has 1 aromatic heterocycles. The number of rotatable bonds is 3. The highest BCUT2D eigenvalue weighted by Gasteiger charge is 2.12. The molecule has 1 rings (SSSR count). The second-order valence-corrected chi connectivity index (χ2v) is 3.25. The molecule has 0 radical (unpaired) electrons. The molecule has 5 nitrogen and oxygen atoms in total. The van der Waals surface area contributed by atoms with E-state index in [4.69, 9.17) is 0 Å². The van der Waals surface area contributed by atoms with E-state index in [0.29, 0.717) is 22.0 Å². The standard InChI is InChI=1S/C7H7BrN2O3/c8-2-1-6-3-7(10(12)13)5-9(11)4-6/h3-5H,1-2H2. The monoisotopic (exact) mass is 246 g/mol. The van der Waals surface area contributed by atoms with Gasteiger partial charge in [-0.15, -0.1) is 0 Å². The van der Waals surface area contributed by atoms with Gasteiger partial charge in [-0.3, -0.25) is 10.1 Å². The van der Waals surface area contributed by atoms with Crippen LogP contribution in [0.3, 0.4) is 0 Å². The zero-order valence-corrected chi connectivity index (χ0v) is 8.23. The van der Waals surface area contributed by atoms with Crippen LogP contribution in [0.2, 0.25) is 0 Å². The lowest BCUT2D eigenvalue weighted by Gasteiger charge is -1.99. The van der Waals surface area contributed by atoms with Crippen LogP contribution < -0.4 is 4.73 Å². The number of aromatic nitrogens is 1. The van der Waals surface area contributed by atoms with Gasteiger partial charge in [-0.1, -0.05) is 15.9 Å². The van der Waals surface area contributed by atoms with Crippen molar-refractivity contribution in [3.05, 3.63) is 39.3 Å². The predicted molar refractivity (Wildman–Crippen MR) is 49.6 cm³/mol. The number of hydrogen-bond donors (Lipinski definition) is 0. The first-order chi connectivity index (χ1) is 6.13. The number of aryl methyl sites for hydroxylation is 1. The largest absolute Gasteiger partial charge is 0.619 e. The lowest BCUT2D eigenvalue weighted by atomic mass is 10.2. The van der Waals surface area contributed by atoms with E-state index in [1.807, 2.05) is 0 Å². The lowest BCUT2D eigenvalue weighted by molar-refractivity contribution is -0.610. The van der Waals surface area contributed by atoms with Crippen LogP contribution in [0.25, 0.3) is 0 Å². The van der Waals surface area contributed by atoms with E-state index >= 15 is 0 Å². The van der Waals surface area contributed by atoms with Gasteiger partial charge in [0.05, 0.1) is 4.92 Å². The number of halogens is 1. The third-order valence-corrected chi connectivity index (χ3v) is 1.88. The molecule has 0 fully saturated rings. The van der Waals surface area contributed by atoms with Crippen molar-refractivity contribution in [2.45, 2.75) is 6.42 Å². The molecule has 0 unspecified atom stereocenters. The maximum Gasteiger partial charge on any atom is 0.333 e. The van der Waals surface area contributed by atoms with Crippen molar-refractivity contribution in [3.63, 3.8) is 0 Å². The second kappa shape index (κ2) is 4.18. The van der Waals surface area contributed by atoms with Gasteiger partial charge in [0.15, 0.2) is 6.20 Å². The van der Waals surface area contributed by atoms with E-state index in [1.165, 1.54) is 12.3 Å². The number of hydrogen-bond acceptors (Lipinski definition) is 3. The highest BCUT2D eigenvalue weighted by Crippen LogP contribution is 2.10. The minimum absolute atomic E-state index is 0.173. The van der Waals surface area contributed by atoms with Crippen LogP contribution in [-0.2, 0) is 6.42 Å². The first kappa shape index (κ1) is 9.91. The summed E-state index contributed by atoms with van der Waals surface area (Å²) in [7, 11) is 0. The Morgan fingerprint density at radius 1 is 1.54 bits per heavy atom. The Bertz CT molecular complexity index is 330. The van der Waals surface area contributed by atoms with E-state index in [1.54, 1.807) is 0 Å². The summed E-state index contributed by atoms with van der Waals surface area (Å²) >= 11 is 3.19. The van der Waals surface area contributed by atoms with Gasteiger partial charge in [0, 0.05) is 17.0 Å². The highest BCUT2D eigenvalue weighted by atomic mass is 79.9. The fraction of sp³-hybridized carbons (Fsp3) is 0.286. The molecule has 0 bridgehead atoms. The van der Waals surface area contributed by atoms with Crippen LogP contribution in [0, 0.1) is 15.3 Å². The molecule has 1 heterocycles. The number of pyridine rings is 1. The van der Waals surface area contributed by atoms with Crippen LogP contribution in [0.4, 0.5) is 5.69 Å². The van der Waals surface area contributed by atoms with Crippen molar-refractivity contribution >= 4 is 21.6 Å². The molecule has 0 aliphatic carbocycles. The smallest absolute Gasteiger partial charge is 0.333 e. The molecule has 0 N–H and O–H groups in total. The summed E-state index contributed by atoms with van der Waals surface area (Å²) in [6.45, 7) is 0. The zero-order valence-electron chi connectivity index (χ0n) is 6.64. The molecule has 0 aliphatic rings. The molecule has 1 aromatic rings. The summed E-state index contributed by atoms with van der Waals surface area (Å²) in [5.41, 5.74) is 0.481. The van der Waals surface area contributed by atoms with Crippen molar-refractivity contribution in [2.24, 2.45) is 0 Å². The summed E-state index contributed by atoms with van der Waals surface area (Å²) < 4.78 is 0.454. The number of nitrogens with zero attached hydrogens (tertiary/aromatic N) is 2. The topological polar surface area (TPSA) is 70.1 Å². The molecular weight excluding hydrogens is 240 g/mol. The van der Waals surface area contributed by atoms with E-state index in [2.05, 4.69) is 15.9 Å². The first-order valence-corrected chi connectivity index (χ1v) is 4.68. The average Bonchev–Trinajstić information content (AvgIpc) is 2.03. The second-order valence-electron chi connectivity index (χ2n) is 2.46. The molecule has 0 saturated carbocycles. The predicted octanol–water partition coefficient (Wildman–Crippen LogP) is 1.17. The van der Waals surface area contributed by atoms with Crippen LogP contribution in [-0.4, -0.2) is 10.3 Å². The molecule has 0 saturated heterocycles. The third-order valence-electron chi connectivity index (χ3n) is 1.48. The van der Waals surface area contributed by atoms with Gasteiger partial charge >= 0.3 is 5.69 Å². The maximum atomic E-state index is 10.9. The Labute approximate surface area is 82.9 Å². The molecule has 0 spiro atoms. The highest BCUT2D eigenvalue weighted by molar-refractivity contribution is 9.09. The Morgan fingerprint density at radius 2 is 2.23 bits per heavy atom. The average molecular weight is 247 g/mol. The molecule has 6 heteroatoms. The maximum absolute atomic E-state index is 10.9. The van der Waals surface area contributed by atoms with Gasteiger partial charge in [0.2, 0.25) is 0 Å². The molecule has 13 heavy (non-hydrogen) atoms. The Balaban J connectivity index is 3.03. The molecule has 0 aliphatic heterocycles. The fourth-order valence-corrected chi connectivity index (χ4v) is 1.40. The summed E-state index contributed by atoms with van der Waals surface area (Å²) in [6.07, 6.45) is 2.87. The summed E-state index contributed by atoms with van der Waals surface area (Å²) in [5, 5.41) is 21.9. The van der Waals surface area contributed by atoms with E-state index < -0.39 is 4.92 Å². The van der Waals surface area contributed by atoms with E-state index in [-0.39, 0.29) is 5.69 Å². The quantitative estimate of drug-likeness (QED) is 0.264. The number of alkyl halides is 1. The zero-order chi connectivity index (χ0) is 9.84. The summed E-state index contributed by atoms with van der Waals surface area (Å²) in [6, 6.07) is 1.40. The Morgan fingerprint density at radius 3 is 2.77 bits per heavy atom. The van der Waals surface area contributed by atoms with Crippen molar-refractivity contribution in [1.82, 2.24) is 0 Å². The van der Waals surface area contributed by atoms with Gasteiger partial charge in [0.25, 0.3) is 6.20 Å². The third kappa shape index (κ3) is 2.66. The summed E-state index contributed by atoms with van der Waals surface area (Å²) in [4.78, 5) is 9.77. The minimum atomic E-state index is -0.577. The van der Waals surface area contributed by atoms with E-state index in [9.17, 15) is 15.3 Å². The summed E-state index contributed by atoms with van der Waals surface area (Å²) in [5.74, 6) is 0. The normalized spacial score (nSPS) is 9.92. The van der Waals surface area contributed by atoms with Gasteiger partial charge in [0.1, 0.15) is 0 Å². The fourth-order valence-electron chi connectivity index (χ4n) is 0.941. The van der Waals surface area contributed by atoms with Crippen LogP contribution in [0.15, 0.2) is 18.5 Å². The number of nitro groups is 1. The Hall–Kier alpha value is -1.17. The van der Waals surface area contributed by atoms with E-state index in [0.717, 1.165) is 6.20 Å². The van der Waals surface area contributed by atoms with Crippen LogP contribution in [0.1, 0.15) is 5.56 Å². The van der Waals surface area contributed by atoms with Crippen molar-refractivity contribution in [3.8, 4) is 0 Å². The van der Waals surface area contributed by atoms with Gasteiger partial charge in [-0.2, -0.15) is 4.73 Å². The van der Waals surface area contributed by atoms with Crippen molar-refractivity contribution in [2.75, 3.05) is 5.33 Å². The Kier molecular flexibility index (Phi) is 3.18. The van der Waals surface area contributed by atoms with Crippen molar-refractivity contribution < 1.29 is 9.65 Å². The molecule has 0 aromatic carbocycles. The molecule has 70 valence electrons.